The third kappa shape index (κ3) is 19.8. The predicted molar refractivity (Wildman–Crippen MR) is 451 cm³/mol. The fourth-order valence-corrected chi connectivity index (χ4v) is 19.8. The van der Waals surface area contributed by atoms with E-state index in [0.717, 1.165) is 96.9 Å². The van der Waals surface area contributed by atoms with Crippen molar-refractivity contribution in [3.8, 4) is 33.8 Å². The Labute approximate surface area is 711 Å². The molecule has 6 saturated carbocycles. The number of rotatable bonds is 16. The molecule has 10 aliphatic rings. The van der Waals surface area contributed by atoms with Crippen LogP contribution in [0, 0.1) is 11.8 Å². The molecule has 2 aromatic heterocycles. The third-order valence-corrected chi connectivity index (χ3v) is 28.2. The minimum absolute atomic E-state index is 0.0335. The fourth-order valence-electron chi connectivity index (χ4n) is 16.9. The fraction of sp³-hybridized carbons (Fsp3) is 0.529. The molecule has 6 heterocycles. The topological polar surface area (TPSA) is 416 Å². The number of ether oxygens (including phenoxy) is 5. The Balaban J connectivity index is 0.000000182. The first-order valence-corrected chi connectivity index (χ1v) is 45.7. The van der Waals surface area contributed by atoms with E-state index in [1.165, 1.54) is 39.6 Å². The number of fused-ring (bicyclic) bond motifs is 6. The van der Waals surface area contributed by atoms with E-state index in [1.807, 2.05) is 109 Å². The van der Waals surface area contributed by atoms with Gasteiger partial charge in [0.05, 0.1) is 60.3 Å². The first-order chi connectivity index (χ1) is 58.4. The molecule has 2 saturated heterocycles. The Morgan fingerprint density at radius 1 is 0.500 bits per heavy atom. The molecule has 0 spiro atoms. The van der Waals surface area contributed by atoms with E-state index in [0.29, 0.717) is 62.5 Å². The maximum atomic E-state index is 14.6. The summed E-state index contributed by atoms with van der Waals surface area (Å²) >= 11 is 4.92. The average molecular weight is 1740 g/mol. The van der Waals surface area contributed by atoms with Crippen LogP contribution in [-0.4, -0.2) is 190 Å². The number of hydrogen-bond donors (Lipinski definition) is 6. The van der Waals surface area contributed by atoms with Crippen LogP contribution in [0.5, 0.6) is 11.5 Å². The second-order valence-electron chi connectivity index (χ2n) is 34.3. The maximum Gasteiger partial charge on any atom is 0.408 e. The van der Waals surface area contributed by atoms with Gasteiger partial charge in [-0.1, -0.05) is 135 Å². The molecule has 32 nitrogen and oxygen atoms in total. The van der Waals surface area contributed by atoms with Crippen molar-refractivity contribution in [2.45, 2.75) is 251 Å². The molecule has 10 atom stereocenters. The molecular weight excluding hydrogens is 1630 g/mol. The van der Waals surface area contributed by atoms with Crippen molar-refractivity contribution in [1.82, 2.24) is 60.1 Å². The highest BCUT2D eigenvalue weighted by Gasteiger charge is 2.64. The molecule has 16 rings (SSSR count). The Morgan fingerprint density at radius 3 is 1.30 bits per heavy atom. The standard InChI is InChI=1S/C41H48N6O9S.C41H50N6O9S.C5H7ClO2/c1-55-35-32(31-17-9-12-25-11-7-8-16-30(25)31)23-42-47(38(35)50)27-21-34-36(48)44-41(39(51)45-57(53,54)29-19-20-29)22-26(41)13-5-3-2-4-6-18-33(37(49)46(34)24-27)43-40(52)56-28-14-10-15-28;1-40(2,3)56-39(52)43-32-18-9-7-5-6-8-15-26-22-41(26,38(51)45-57(53,54)28-19-20-28)44-35(48)33-21-27(24-46(33)36(32)49)47-37(50)34(55-4)31(23-42-47)30-17-12-14-25-13-10-11-16-29(25)30;6-5(7)8-4-2-1-3-4/h5,7-9,11-13,16-17,23,26-29,33-34H,2-4,6,10,14-15,18-22,24H2,1H3,(H,43,52)(H,44,48)(H,45,51);8,10-17,23,26-28,32-33H,5-7,9,18-22,24H2,1-4H3,(H,43,52)(H,44,48)(H,45,51);4H,1-3H2/b13-5-;15-8-;/t26-,27-,33+,34+,41-;26-,27-,32+,33+,41-;/m11./s1. The quantitative estimate of drug-likeness (QED) is 0.0298. The maximum absolute atomic E-state index is 14.6. The van der Waals surface area contributed by atoms with Gasteiger partial charge >= 0.3 is 28.7 Å². The third-order valence-electron chi connectivity index (χ3n) is 24.5. The van der Waals surface area contributed by atoms with Gasteiger partial charge in [0, 0.05) is 49.4 Å². The summed E-state index contributed by atoms with van der Waals surface area (Å²) in [6, 6.07) is 20.8. The number of aromatic nitrogens is 4. The lowest BCUT2D eigenvalue weighted by atomic mass is 9.96. The first kappa shape index (κ1) is 87.6. The summed E-state index contributed by atoms with van der Waals surface area (Å²) in [5.74, 6) is -4.99. The largest absolute Gasteiger partial charge is 0.491 e. The summed E-state index contributed by atoms with van der Waals surface area (Å²) in [7, 11) is -5.06. The zero-order valence-electron chi connectivity index (χ0n) is 68.9. The summed E-state index contributed by atoms with van der Waals surface area (Å²) < 4.78 is 85.4. The van der Waals surface area contributed by atoms with Crippen molar-refractivity contribution in [3.63, 3.8) is 0 Å². The van der Waals surface area contributed by atoms with Crippen LogP contribution in [0.25, 0.3) is 43.8 Å². The van der Waals surface area contributed by atoms with Gasteiger partial charge in [-0.3, -0.25) is 47.8 Å². The van der Waals surface area contributed by atoms with E-state index < -0.39 is 159 Å². The zero-order valence-corrected chi connectivity index (χ0v) is 71.3. The number of nitrogens with one attached hydrogen (secondary N) is 6. The molecule has 35 heteroatoms. The van der Waals surface area contributed by atoms with Crippen LogP contribution >= 0.6 is 11.6 Å². The highest BCUT2D eigenvalue weighted by atomic mass is 35.5. The summed E-state index contributed by atoms with van der Waals surface area (Å²) in [5.41, 5.74) is -3.31. The number of alkyl carbamates (subject to hydrolysis) is 2. The Kier molecular flexibility index (Phi) is 26.4. The van der Waals surface area contributed by atoms with Gasteiger partial charge < -0.3 is 54.8 Å². The lowest BCUT2D eigenvalue weighted by Crippen LogP contribution is -2.58. The predicted octanol–water partition coefficient (Wildman–Crippen LogP) is 9.89. The van der Waals surface area contributed by atoms with E-state index >= 15 is 0 Å². The summed E-state index contributed by atoms with van der Waals surface area (Å²) in [6.07, 6.45) is 22.7. The minimum Gasteiger partial charge on any atom is -0.491 e. The van der Waals surface area contributed by atoms with Crippen molar-refractivity contribution in [3.05, 3.63) is 142 Å². The van der Waals surface area contributed by atoms with Gasteiger partial charge in [-0.2, -0.15) is 10.2 Å². The van der Waals surface area contributed by atoms with E-state index in [4.69, 9.17) is 30.5 Å². The van der Waals surface area contributed by atoms with Gasteiger partial charge in [-0.25, -0.2) is 40.6 Å². The lowest BCUT2D eigenvalue weighted by molar-refractivity contribution is -0.141. The molecule has 0 bridgehead atoms. The molecular formula is C87H105ClN12O20S2. The number of benzene rings is 4. The molecule has 4 aromatic carbocycles. The molecule has 6 N–H and O–H groups in total. The highest BCUT2D eigenvalue weighted by Crippen LogP contribution is 2.49. The normalized spacial score (nSPS) is 26.3. The second-order valence-corrected chi connectivity index (χ2v) is 38.5. The van der Waals surface area contributed by atoms with E-state index in [1.54, 1.807) is 27.0 Å². The molecule has 0 unspecified atom stereocenters. The van der Waals surface area contributed by atoms with Crippen LogP contribution in [0.15, 0.2) is 131 Å². The SMILES string of the molecule is COc1c(-c2cccc3ccccc23)cnn([C@@H]2C[C@H]3C(=O)N[C@]4(C(=O)NS(=O)(=O)C5CC5)C[C@H]4/C=C\CCCCC[C@H](NC(=O)OC(C)(C)C)C(=O)N3C2)c1=O.COc1c(-c2cccc3ccccc23)cnn([C@@H]2C[C@H]3C(=O)N[C@]4(C(=O)NS(=O)(=O)C5CC5)C[C@H]4/C=C\CCCCC[C@H](NC(=O)OC4CCC4)C(=O)N3C2)c1=O.O=C(Cl)OC1CCC1. The monoisotopic (exact) mass is 1740 g/mol. The van der Waals surface area contributed by atoms with Crippen LogP contribution in [0.1, 0.15) is 187 Å². The smallest absolute Gasteiger partial charge is 0.408 e. The number of nitrogens with zero attached hydrogens (tertiary/aromatic N) is 6. The van der Waals surface area contributed by atoms with Gasteiger partial charge in [-0.15, -0.1) is 0 Å². The van der Waals surface area contributed by atoms with Crippen LogP contribution in [0.2, 0.25) is 0 Å². The average Bonchev–Trinajstić information content (AvgIpc) is 1.57. The van der Waals surface area contributed by atoms with Gasteiger partial charge in [0.2, 0.25) is 43.7 Å². The Morgan fingerprint density at radius 2 is 0.910 bits per heavy atom. The van der Waals surface area contributed by atoms with Crippen LogP contribution in [-0.2, 0) is 63.0 Å². The molecule has 652 valence electrons. The van der Waals surface area contributed by atoms with Crippen molar-refractivity contribution in [2.75, 3.05) is 27.3 Å². The van der Waals surface area contributed by atoms with Crippen molar-refractivity contribution < 1.29 is 83.7 Å². The lowest BCUT2D eigenvalue weighted by Gasteiger charge is -2.31. The molecule has 6 aliphatic carbocycles. The van der Waals surface area contributed by atoms with E-state index in [9.17, 15) is 69.6 Å². The number of halogens is 1. The molecule has 8 fully saturated rings. The van der Waals surface area contributed by atoms with Crippen molar-refractivity contribution >= 4 is 106 Å². The Hall–Kier alpha value is -10.7. The number of carbonyl (C=O) groups is 9. The van der Waals surface area contributed by atoms with Gasteiger partial charge in [-0.05, 0) is 169 Å². The number of amides is 8. The van der Waals surface area contributed by atoms with Crippen LogP contribution < -0.4 is 51.3 Å². The van der Waals surface area contributed by atoms with Gasteiger partial charge in [0.25, 0.3) is 11.8 Å². The molecule has 122 heavy (non-hydrogen) atoms. The Bertz CT molecular complexity index is 5460. The summed E-state index contributed by atoms with van der Waals surface area (Å²) in [4.78, 5) is 153. The molecule has 4 aliphatic heterocycles. The van der Waals surface area contributed by atoms with Crippen LogP contribution in [0.3, 0.4) is 0 Å². The molecule has 0 radical (unpaired) electrons. The van der Waals surface area contributed by atoms with Gasteiger partial charge in [0.15, 0.2) is 11.5 Å². The van der Waals surface area contributed by atoms with Crippen LogP contribution in [0.4, 0.5) is 14.4 Å². The summed E-state index contributed by atoms with van der Waals surface area (Å²) in [5, 5.41) is 22.8. The zero-order chi connectivity index (χ0) is 86.6. The van der Waals surface area contributed by atoms with Gasteiger partial charge in [0.1, 0.15) is 53.1 Å². The van der Waals surface area contributed by atoms with E-state index in [2.05, 4.69) is 45.6 Å². The second kappa shape index (κ2) is 36.7. The van der Waals surface area contributed by atoms with E-state index in [-0.39, 0.29) is 75.3 Å². The summed E-state index contributed by atoms with van der Waals surface area (Å²) in [6.45, 7) is 4.88. The molecule has 8 amide bonds. The molecule has 6 aromatic rings. The van der Waals surface area contributed by atoms with Crippen molar-refractivity contribution in [2.24, 2.45) is 11.8 Å². The highest BCUT2D eigenvalue weighted by molar-refractivity contribution is 7.91. The first-order valence-electron chi connectivity index (χ1n) is 42.2. The number of carbonyl (C=O) groups excluding carboxylic acids is 9. The number of methoxy groups -OCH3 is 2. The number of allylic oxidation sites excluding steroid dienone is 2. The minimum atomic E-state index is -3.93. The number of sulfonamides is 2. The number of hydrogen-bond acceptors (Lipinski definition) is 22. The van der Waals surface area contributed by atoms with Crippen molar-refractivity contribution in [1.29, 1.82) is 0 Å².